The van der Waals surface area contributed by atoms with Crippen LogP contribution >= 0.6 is 23.5 Å². The number of nitrogens with zero attached hydrogens (tertiary/aromatic N) is 5. The van der Waals surface area contributed by atoms with E-state index in [9.17, 15) is 58.2 Å². The number of hydrogen-bond acceptors (Lipinski definition) is 22. The van der Waals surface area contributed by atoms with Crippen LogP contribution in [0.25, 0.3) is 22.3 Å². The predicted molar refractivity (Wildman–Crippen MR) is 399 cm³/mol. The SMILES string of the molecule is CC[C@@]1(O)C(=O)OCc2c1cc1n(c2=O)Cc2c-1nc1ccc(NC(=O)CNC(=O)[C@H](Cc3ccccc3)NC(=O)CNC(=O)CNC(=O)COCCOCCOCCOc3c(F)cc(N4C(=O)C(Sc5ccc(C(=O)N6CCOCC6)cc5)=C(Sc5ccc(C(=O)N6CCOCC6)cc5)C4O)cc3F)c3c1c2CCC3. The fraction of sp³-hybridized carbons (Fsp3) is 0.372. The minimum Gasteiger partial charge on any atom is -0.485 e. The van der Waals surface area contributed by atoms with E-state index in [1.54, 1.807) is 118 Å². The van der Waals surface area contributed by atoms with Gasteiger partial charge in [-0.3, -0.25) is 48.1 Å². The fourth-order valence-electron chi connectivity index (χ4n) is 13.8. The second-order valence-electron chi connectivity index (χ2n) is 26.7. The number of aliphatic hydroxyl groups excluding tert-OH is 1. The van der Waals surface area contributed by atoms with Crippen LogP contribution in [0.2, 0.25) is 0 Å². The smallest absolute Gasteiger partial charge is 0.343 e. The highest BCUT2D eigenvalue weighted by atomic mass is 32.2. The number of carbonyl (C=O) groups is 9. The molecule has 33 heteroatoms. The molecule has 2 fully saturated rings. The van der Waals surface area contributed by atoms with E-state index >= 15 is 8.78 Å². The summed E-state index contributed by atoms with van der Waals surface area (Å²) in [6.07, 6.45) is 0.357. The number of thioether (sulfide) groups is 2. The lowest BCUT2D eigenvalue weighted by atomic mass is 9.85. The van der Waals surface area contributed by atoms with Gasteiger partial charge in [0.2, 0.25) is 29.5 Å². The van der Waals surface area contributed by atoms with Gasteiger partial charge in [0, 0.05) is 87.9 Å². The van der Waals surface area contributed by atoms with Gasteiger partial charge in [0.1, 0.15) is 25.9 Å². The molecule has 5 aliphatic heterocycles. The molecule has 6 aliphatic rings. The zero-order valence-corrected chi connectivity index (χ0v) is 62.0. The molecule has 7 aromatic rings. The first-order valence-electron chi connectivity index (χ1n) is 36.2. The molecular weight excluding hydrogens is 1480 g/mol. The monoisotopic (exact) mass is 1560 g/mol. The largest absolute Gasteiger partial charge is 0.485 e. The highest BCUT2D eigenvalue weighted by molar-refractivity contribution is 8.07. The number of cyclic esters (lactones) is 1. The first kappa shape index (κ1) is 78.6. The number of pyridine rings is 2. The van der Waals surface area contributed by atoms with Gasteiger partial charge in [0.25, 0.3) is 23.3 Å². The van der Waals surface area contributed by atoms with Crippen molar-refractivity contribution in [3.63, 3.8) is 0 Å². The minimum atomic E-state index is -1.97. The molecule has 111 heavy (non-hydrogen) atoms. The zero-order chi connectivity index (χ0) is 77.9. The summed E-state index contributed by atoms with van der Waals surface area (Å²) in [6.45, 7) is 2.86. The topological polar surface area (TPSA) is 363 Å². The van der Waals surface area contributed by atoms with E-state index in [4.69, 9.17) is 38.1 Å². The Hall–Kier alpha value is -10.5. The summed E-state index contributed by atoms with van der Waals surface area (Å²) >= 11 is 2.06. The summed E-state index contributed by atoms with van der Waals surface area (Å²) in [6, 6.07) is 27.8. The van der Waals surface area contributed by atoms with Crippen molar-refractivity contribution in [2.24, 2.45) is 0 Å². The molecule has 0 radical (unpaired) electrons. The molecule has 13 rings (SSSR count). The second-order valence-corrected chi connectivity index (χ2v) is 28.9. The maximum absolute atomic E-state index is 15.8. The Morgan fingerprint density at radius 2 is 1.26 bits per heavy atom. The van der Waals surface area contributed by atoms with E-state index < -0.39 is 103 Å². The molecule has 2 saturated heterocycles. The third kappa shape index (κ3) is 18.0. The van der Waals surface area contributed by atoms with Crippen LogP contribution in [0.3, 0.4) is 0 Å². The van der Waals surface area contributed by atoms with E-state index in [-0.39, 0.29) is 110 Å². The normalized spacial score (nSPS) is 17.3. The van der Waals surface area contributed by atoms with Crippen molar-refractivity contribution >= 4 is 99.0 Å². The number of hydrogen-bond donors (Lipinski definition) is 7. The number of anilines is 2. The van der Waals surface area contributed by atoms with Gasteiger partial charge in [0.15, 0.2) is 29.2 Å². The van der Waals surface area contributed by atoms with Crippen LogP contribution in [0.4, 0.5) is 20.2 Å². The number of amides is 8. The van der Waals surface area contributed by atoms with Crippen molar-refractivity contribution in [3.05, 3.63) is 186 Å². The van der Waals surface area contributed by atoms with Crippen molar-refractivity contribution < 1.29 is 95.3 Å². The van der Waals surface area contributed by atoms with Crippen LogP contribution < -0.4 is 41.8 Å². The number of aryl methyl sites for hydroxylation is 2. The highest BCUT2D eigenvalue weighted by Gasteiger charge is 2.46. The number of rotatable bonds is 31. The molecule has 7 N–H and O–H groups in total. The molecule has 7 heterocycles. The summed E-state index contributed by atoms with van der Waals surface area (Å²) in [5.74, 6) is -8.30. The Morgan fingerprint density at radius 3 is 1.91 bits per heavy atom. The number of carbonyl (C=O) groups excluding carboxylic acids is 9. The summed E-state index contributed by atoms with van der Waals surface area (Å²) < 4.78 is 70.9. The summed E-state index contributed by atoms with van der Waals surface area (Å²) in [7, 11) is 0. The molecule has 29 nitrogen and oxygen atoms in total. The number of morpholine rings is 2. The molecule has 5 aromatic carbocycles. The molecular formula is C78H80F2N10O19S2. The lowest BCUT2D eigenvalue weighted by Gasteiger charge is -2.31. The van der Waals surface area contributed by atoms with Crippen molar-refractivity contribution in [2.75, 3.05) is 129 Å². The van der Waals surface area contributed by atoms with Gasteiger partial charge in [-0.05, 0) is 109 Å². The van der Waals surface area contributed by atoms with Crippen LogP contribution in [0, 0.1) is 11.6 Å². The van der Waals surface area contributed by atoms with Crippen LogP contribution in [0.5, 0.6) is 5.75 Å². The molecule has 0 spiro atoms. The van der Waals surface area contributed by atoms with Gasteiger partial charge in [0.05, 0.1) is 124 Å². The van der Waals surface area contributed by atoms with Gasteiger partial charge in [-0.1, -0.05) is 60.8 Å². The Morgan fingerprint density at radius 1 is 0.667 bits per heavy atom. The Kier molecular flexibility index (Phi) is 25.3. The quantitative estimate of drug-likeness (QED) is 0.0234. The molecule has 8 amide bonds. The van der Waals surface area contributed by atoms with E-state index in [2.05, 4.69) is 26.6 Å². The maximum Gasteiger partial charge on any atom is 0.343 e. The summed E-state index contributed by atoms with van der Waals surface area (Å²) in [5, 5.41) is 37.0. The van der Waals surface area contributed by atoms with Crippen LogP contribution in [-0.4, -0.2) is 214 Å². The average Bonchev–Trinajstić information content (AvgIpc) is 1.62. The van der Waals surface area contributed by atoms with Gasteiger partial charge in [-0.2, -0.15) is 0 Å². The number of aromatic nitrogens is 2. The Bertz CT molecular complexity index is 4830. The lowest BCUT2D eigenvalue weighted by Crippen LogP contribution is -2.52. The molecule has 3 atom stereocenters. The first-order chi connectivity index (χ1) is 53.7. The van der Waals surface area contributed by atoms with E-state index in [0.29, 0.717) is 115 Å². The number of halogens is 2. The summed E-state index contributed by atoms with van der Waals surface area (Å²) in [5.41, 5.74) is 4.23. The Labute approximate surface area is 643 Å². The van der Waals surface area contributed by atoms with Crippen LogP contribution in [0.1, 0.15) is 73.9 Å². The number of fused-ring (bicyclic) bond motifs is 5. The highest BCUT2D eigenvalue weighted by Crippen LogP contribution is 2.48. The van der Waals surface area contributed by atoms with Gasteiger partial charge in [-0.25, -0.2) is 18.6 Å². The van der Waals surface area contributed by atoms with E-state index in [1.165, 1.54) is 0 Å². The third-order valence-corrected chi connectivity index (χ3v) is 21.9. The van der Waals surface area contributed by atoms with Crippen LogP contribution in [-0.2, 0) is 100.0 Å². The fourth-order valence-corrected chi connectivity index (χ4v) is 15.9. The lowest BCUT2D eigenvalue weighted by molar-refractivity contribution is -0.172. The average molecular weight is 1560 g/mol. The second kappa shape index (κ2) is 35.7. The van der Waals surface area contributed by atoms with Crippen molar-refractivity contribution in [2.45, 2.75) is 79.8 Å². The number of ether oxygens (including phenoxy) is 7. The maximum atomic E-state index is 15.8. The molecule has 582 valence electrons. The molecule has 1 unspecified atom stereocenters. The van der Waals surface area contributed by atoms with Gasteiger partial charge < -0.3 is 84.3 Å². The minimum absolute atomic E-state index is 0.0109. The number of benzene rings is 5. The Balaban J connectivity index is 0.515. The van der Waals surface area contributed by atoms with Crippen molar-refractivity contribution in [1.29, 1.82) is 0 Å². The predicted octanol–water partition coefficient (Wildman–Crippen LogP) is 4.40. The van der Waals surface area contributed by atoms with Gasteiger partial charge >= 0.3 is 5.97 Å². The number of nitrogens with one attached hydrogen (secondary N) is 5. The third-order valence-electron chi connectivity index (χ3n) is 19.5. The standard InChI is InChI=1S/C78H80F2N10O19S2/c1-2-78(102)55-38-61-67-53(42-89(61)74(98)54(55)43-109-77(78)101)51-9-6-10-52-58(19-20-59(86-67)66(51)52)84-64(93)41-83-71(95)60(35-45-7-4-3-5-8-45)85-63(92)40-81-62(91)39-82-65(94)44-107-32-31-105-29-30-106-33-34-108-68-56(79)36-48(37-57(68)80)90-75(99)69(110-49-15-11-46(12-16-49)72(96)87-21-25-103-26-22-87)70(76(90)100)111-50-17-13-47(14-18-50)73(97)88-23-27-104-28-24-88/h3-5,7-8,11-20,36-38,60,75,99,102H,2,6,9-10,21-35,39-44H2,1H3,(H,81,91)(H,82,94)(H,83,95)(H,84,93)(H,85,92)/t60-,75?,78-/m0/s1. The molecule has 0 bridgehead atoms. The van der Waals surface area contributed by atoms with Crippen molar-refractivity contribution in [1.82, 2.24) is 40.6 Å². The van der Waals surface area contributed by atoms with Gasteiger partial charge in [-0.15, -0.1) is 0 Å². The van der Waals surface area contributed by atoms with E-state index in [0.717, 1.165) is 69.1 Å². The number of esters is 1. The molecule has 1 aliphatic carbocycles. The number of aliphatic hydroxyl groups is 2. The molecule has 0 saturated carbocycles. The summed E-state index contributed by atoms with van der Waals surface area (Å²) in [4.78, 5) is 144. The zero-order valence-electron chi connectivity index (χ0n) is 60.4. The van der Waals surface area contributed by atoms with E-state index in [1.807, 2.05) is 0 Å². The van der Waals surface area contributed by atoms with Crippen LogP contribution in [0.15, 0.2) is 134 Å². The molecule has 2 aromatic heterocycles. The van der Waals surface area contributed by atoms with Crippen molar-refractivity contribution in [3.8, 4) is 17.1 Å². The first-order valence-corrected chi connectivity index (χ1v) is 37.9.